The van der Waals surface area contributed by atoms with Crippen molar-refractivity contribution in [3.8, 4) is 11.3 Å². The molecule has 2 amide bonds. The summed E-state index contributed by atoms with van der Waals surface area (Å²) in [5.74, 6) is 1.26. The summed E-state index contributed by atoms with van der Waals surface area (Å²) in [4.78, 5) is 21.8. The van der Waals surface area contributed by atoms with Gasteiger partial charge in [-0.2, -0.15) is 0 Å². The zero-order valence-electron chi connectivity index (χ0n) is 16.4. The van der Waals surface area contributed by atoms with Gasteiger partial charge >= 0.3 is 6.03 Å². The number of hydrogen-bond donors (Lipinski definition) is 2. The lowest BCUT2D eigenvalue weighted by molar-refractivity contribution is 0.112. The van der Waals surface area contributed by atoms with Crippen molar-refractivity contribution in [1.29, 1.82) is 0 Å². The van der Waals surface area contributed by atoms with Crippen molar-refractivity contribution >= 4 is 17.5 Å². The Morgan fingerprint density at radius 1 is 1.07 bits per heavy atom. The molecular weight excluding hydrogens is 369 g/mol. The first-order valence-electron chi connectivity index (χ1n) is 10.4. The Balaban J connectivity index is 1.24. The van der Waals surface area contributed by atoms with E-state index in [9.17, 15) is 9.18 Å². The van der Waals surface area contributed by atoms with Gasteiger partial charge in [-0.15, -0.1) is 0 Å². The first-order valence-corrected chi connectivity index (χ1v) is 10.4. The number of amides is 2. The van der Waals surface area contributed by atoms with Crippen LogP contribution in [0.25, 0.3) is 11.3 Å². The van der Waals surface area contributed by atoms with E-state index in [-0.39, 0.29) is 11.8 Å². The van der Waals surface area contributed by atoms with Gasteiger partial charge in [-0.3, -0.25) is 5.32 Å². The summed E-state index contributed by atoms with van der Waals surface area (Å²) >= 11 is 0. The molecule has 1 aliphatic carbocycles. The zero-order chi connectivity index (χ0) is 20.0. The van der Waals surface area contributed by atoms with Gasteiger partial charge in [0.05, 0.1) is 11.4 Å². The molecule has 2 saturated heterocycles. The Kier molecular flexibility index (Phi) is 4.62. The van der Waals surface area contributed by atoms with Crippen molar-refractivity contribution in [1.82, 2.24) is 14.8 Å². The van der Waals surface area contributed by atoms with E-state index in [0.717, 1.165) is 18.7 Å². The molecule has 1 saturated carbocycles. The summed E-state index contributed by atoms with van der Waals surface area (Å²) in [6.45, 7) is 4.09. The van der Waals surface area contributed by atoms with Crippen LogP contribution < -0.4 is 11.1 Å². The van der Waals surface area contributed by atoms with Crippen LogP contribution in [0.15, 0.2) is 36.4 Å². The van der Waals surface area contributed by atoms with E-state index in [1.807, 2.05) is 4.90 Å². The number of carbonyl (C=O) groups excluding carboxylic acids is 1. The lowest BCUT2D eigenvalue weighted by Gasteiger charge is -2.37. The van der Waals surface area contributed by atoms with Crippen molar-refractivity contribution in [2.45, 2.75) is 25.3 Å². The third-order valence-corrected chi connectivity index (χ3v) is 6.71. The number of likely N-dealkylation sites (tertiary alicyclic amines) is 2. The molecule has 0 radical (unpaired) electrons. The van der Waals surface area contributed by atoms with E-state index in [1.54, 1.807) is 24.3 Å². The standard InChI is InChI=1S/C22H26FN5O/c23-17-4-2-14(3-5-17)20-7-6-19(24)21(25-20)26-22(29)28-12-15-10-18(11-16(15)13-28)27-8-1-9-27/h2-7,15-16,18H,1,8-13,24H2,(H,25,26,29). The number of nitrogens with one attached hydrogen (secondary N) is 1. The summed E-state index contributed by atoms with van der Waals surface area (Å²) in [6, 6.07) is 10.2. The summed E-state index contributed by atoms with van der Waals surface area (Å²) < 4.78 is 13.2. The number of anilines is 2. The third kappa shape index (κ3) is 3.55. The molecule has 2 aliphatic heterocycles. The van der Waals surface area contributed by atoms with Crippen LogP contribution in [0.3, 0.4) is 0 Å². The van der Waals surface area contributed by atoms with Crippen molar-refractivity contribution < 1.29 is 9.18 Å². The maximum Gasteiger partial charge on any atom is 0.323 e. The van der Waals surface area contributed by atoms with Crippen LogP contribution in [0.2, 0.25) is 0 Å². The van der Waals surface area contributed by atoms with Crippen LogP contribution in [-0.2, 0) is 0 Å². The van der Waals surface area contributed by atoms with Gasteiger partial charge in [0.25, 0.3) is 0 Å². The zero-order valence-corrected chi connectivity index (χ0v) is 16.4. The molecular formula is C22H26FN5O. The number of carbonyl (C=O) groups is 1. The molecule has 5 rings (SSSR count). The van der Waals surface area contributed by atoms with Crippen LogP contribution in [-0.4, -0.2) is 53.0 Å². The fraction of sp³-hybridized carbons (Fsp3) is 0.455. The summed E-state index contributed by atoms with van der Waals surface area (Å²) in [5, 5.41) is 2.89. The van der Waals surface area contributed by atoms with Crippen LogP contribution >= 0.6 is 0 Å². The average Bonchev–Trinajstić information content (AvgIpc) is 3.22. The van der Waals surface area contributed by atoms with E-state index in [0.29, 0.717) is 35.1 Å². The molecule has 7 heteroatoms. The SMILES string of the molecule is Nc1ccc(-c2ccc(F)cc2)nc1NC(=O)N1CC2CC(N3CCC3)CC2C1. The number of aromatic nitrogens is 1. The molecule has 2 unspecified atom stereocenters. The Morgan fingerprint density at radius 2 is 1.76 bits per heavy atom. The highest BCUT2D eigenvalue weighted by Crippen LogP contribution is 2.41. The van der Waals surface area contributed by atoms with Gasteiger partial charge in [-0.05, 0) is 80.6 Å². The second-order valence-electron chi connectivity index (χ2n) is 8.51. The third-order valence-electron chi connectivity index (χ3n) is 6.71. The summed E-state index contributed by atoms with van der Waals surface area (Å²) in [7, 11) is 0. The molecule has 2 atom stereocenters. The molecule has 2 aromatic rings. The van der Waals surface area contributed by atoms with E-state index < -0.39 is 0 Å². The lowest BCUT2D eigenvalue weighted by Crippen LogP contribution is -2.45. The first-order chi connectivity index (χ1) is 14.1. The molecule has 0 spiro atoms. The number of rotatable bonds is 3. The quantitative estimate of drug-likeness (QED) is 0.835. The smallest absolute Gasteiger partial charge is 0.323 e. The highest BCUT2D eigenvalue weighted by atomic mass is 19.1. The Morgan fingerprint density at radius 3 is 2.38 bits per heavy atom. The summed E-state index contributed by atoms with van der Waals surface area (Å²) in [6.07, 6.45) is 3.73. The minimum atomic E-state index is -0.298. The van der Waals surface area contributed by atoms with Crippen LogP contribution in [0.1, 0.15) is 19.3 Å². The second kappa shape index (κ2) is 7.30. The predicted molar refractivity (Wildman–Crippen MR) is 111 cm³/mol. The highest BCUT2D eigenvalue weighted by Gasteiger charge is 2.44. The predicted octanol–water partition coefficient (Wildman–Crippen LogP) is 3.42. The van der Waals surface area contributed by atoms with Crippen LogP contribution in [0.5, 0.6) is 0 Å². The summed E-state index contributed by atoms with van der Waals surface area (Å²) in [5.41, 5.74) is 7.88. The normalized spacial score (nSPS) is 26.2. The van der Waals surface area contributed by atoms with E-state index in [1.165, 1.54) is 44.5 Å². The molecule has 152 valence electrons. The van der Waals surface area contributed by atoms with Gasteiger partial charge in [0.1, 0.15) is 5.82 Å². The largest absolute Gasteiger partial charge is 0.396 e. The van der Waals surface area contributed by atoms with Crippen molar-refractivity contribution in [3.63, 3.8) is 0 Å². The first kappa shape index (κ1) is 18.4. The van der Waals surface area contributed by atoms with Crippen molar-refractivity contribution in [3.05, 3.63) is 42.2 Å². The second-order valence-corrected chi connectivity index (χ2v) is 8.51. The molecule has 3 aliphatic rings. The molecule has 1 aromatic heterocycles. The lowest BCUT2D eigenvalue weighted by atomic mass is 10.0. The number of nitrogens with two attached hydrogens (primary N) is 1. The van der Waals surface area contributed by atoms with Crippen LogP contribution in [0.4, 0.5) is 20.7 Å². The minimum Gasteiger partial charge on any atom is -0.396 e. The Labute approximate surface area is 169 Å². The van der Waals surface area contributed by atoms with Gasteiger partial charge in [0.2, 0.25) is 0 Å². The molecule has 0 bridgehead atoms. The average molecular weight is 395 g/mol. The van der Waals surface area contributed by atoms with Crippen molar-refractivity contribution in [2.24, 2.45) is 11.8 Å². The van der Waals surface area contributed by atoms with Gasteiger partial charge < -0.3 is 15.5 Å². The minimum absolute atomic E-state index is 0.143. The molecule has 29 heavy (non-hydrogen) atoms. The number of nitrogens with zero attached hydrogens (tertiary/aromatic N) is 3. The number of halogens is 1. The number of pyridine rings is 1. The van der Waals surface area contributed by atoms with E-state index >= 15 is 0 Å². The maximum absolute atomic E-state index is 13.2. The number of hydrogen-bond acceptors (Lipinski definition) is 4. The molecule has 6 nitrogen and oxygen atoms in total. The van der Waals surface area contributed by atoms with Crippen LogP contribution in [0, 0.1) is 17.7 Å². The molecule has 3 N–H and O–H groups in total. The van der Waals surface area contributed by atoms with E-state index in [4.69, 9.17) is 5.73 Å². The Bertz CT molecular complexity index is 900. The maximum atomic E-state index is 13.2. The van der Waals surface area contributed by atoms with Gasteiger partial charge in [-0.1, -0.05) is 0 Å². The van der Waals surface area contributed by atoms with Crippen molar-refractivity contribution in [2.75, 3.05) is 37.2 Å². The fourth-order valence-corrected chi connectivity index (χ4v) is 4.97. The number of nitrogen functional groups attached to an aromatic ring is 1. The Hall–Kier alpha value is -2.67. The molecule has 1 aromatic carbocycles. The molecule has 3 fully saturated rings. The monoisotopic (exact) mass is 395 g/mol. The number of benzene rings is 1. The fourth-order valence-electron chi connectivity index (χ4n) is 4.97. The van der Waals surface area contributed by atoms with Gasteiger partial charge in [-0.25, -0.2) is 14.2 Å². The highest BCUT2D eigenvalue weighted by molar-refractivity contribution is 5.92. The van der Waals surface area contributed by atoms with Gasteiger partial charge in [0, 0.05) is 24.7 Å². The topological polar surface area (TPSA) is 74.5 Å². The molecule has 3 heterocycles. The van der Waals surface area contributed by atoms with Gasteiger partial charge in [0.15, 0.2) is 5.82 Å². The number of urea groups is 1. The number of fused-ring (bicyclic) bond motifs is 1. The van der Waals surface area contributed by atoms with E-state index in [2.05, 4.69) is 15.2 Å².